The highest BCUT2D eigenvalue weighted by Crippen LogP contribution is 2.40. The van der Waals surface area contributed by atoms with Gasteiger partial charge in [-0.15, -0.1) is 0 Å². The number of fused-ring (bicyclic) bond motifs is 1. The van der Waals surface area contributed by atoms with Crippen LogP contribution in [0.2, 0.25) is 0 Å². The van der Waals surface area contributed by atoms with E-state index < -0.39 is 156 Å². The number of hydrogen-bond acceptors (Lipinski definition) is 21. The third kappa shape index (κ3) is 7.60. The summed E-state index contributed by atoms with van der Waals surface area (Å²) in [4.78, 5) is 25.6. The second-order valence-electron chi connectivity index (χ2n) is 13.1. The zero-order chi connectivity index (χ0) is 40.2. The average molecular weight is 787 g/mol. The maximum Gasteiger partial charge on any atom is 0.335 e. The fourth-order valence-electron chi connectivity index (χ4n) is 6.18. The number of aliphatic hydroxyl groups excluding tert-OH is 9. The van der Waals surface area contributed by atoms with Gasteiger partial charge in [0.25, 0.3) is 0 Å². The van der Waals surface area contributed by atoms with Gasteiger partial charge in [0.1, 0.15) is 83.5 Å². The molecule has 3 saturated heterocycles. The van der Waals surface area contributed by atoms with E-state index in [4.69, 9.17) is 32.8 Å². The highest BCUT2D eigenvalue weighted by atomic mass is 16.7. The minimum atomic E-state index is -2.08. The van der Waals surface area contributed by atoms with Crippen molar-refractivity contribution in [3.8, 4) is 40.1 Å². The Hall–Kier alpha value is -4.40. The summed E-state index contributed by atoms with van der Waals surface area (Å²) in [5, 5.41) is 133. The van der Waals surface area contributed by atoms with Crippen LogP contribution in [0.4, 0.5) is 0 Å². The minimum absolute atomic E-state index is 0.161. The zero-order valence-electron chi connectivity index (χ0n) is 28.2. The topological polar surface area (TPSA) is 366 Å². The molecule has 15 atom stereocenters. The van der Waals surface area contributed by atoms with Crippen molar-refractivity contribution in [2.24, 2.45) is 0 Å². The van der Waals surface area contributed by atoms with Crippen LogP contribution in [-0.4, -0.2) is 171 Å². The first-order chi connectivity index (χ1) is 25.9. The molecule has 0 amide bonds. The molecule has 3 aliphatic heterocycles. The number of benzene rings is 2. The number of aromatic hydroxyl groups is 3. The SMILES string of the molecule is CC1OC(OCC2OC(Oc3c(-c4ccc(O)c(O)c4)oc4cc(OC5OC(C(=O)O)C(O)C(O)C5O)cc(O)c4c3=O)C(O)C(O)C2O)C(O)C(O)C1O. The minimum Gasteiger partial charge on any atom is -0.507 e. The van der Waals surface area contributed by atoms with Crippen LogP contribution in [0.25, 0.3) is 22.3 Å². The fraction of sp³-hybridized carbons (Fsp3) is 0.515. The molecular formula is C33H38O22. The summed E-state index contributed by atoms with van der Waals surface area (Å²) in [6, 6.07) is 4.90. The molecule has 0 aliphatic carbocycles. The number of phenols is 3. The Balaban J connectivity index is 1.34. The standard InChI is InChI=1S/C33H38O22/c1-8-17(37)20(40)24(44)31(50-8)49-7-15-18(38)21(41)25(45)33(53-15)54-28-19(39)16-13(36)5-10(51-32-26(46)22(42)23(43)29(55-32)30(47)48)6-14(16)52-27(28)9-2-3-11(34)12(35)4-9/h2-6,8,15,17-18,20-26,29,31-38,40-46H,7H2,1H3,(H,47,48). The first kappa shape index (κ1) is 40.3. The van der Waals surface area contributed by atoms with Crippen LogP contribution in [0.1, 0.15) is 6.92 Å². The molecule has 22 nitrogen and oxygen atoms in total. The first-order valence-corrected chi connectivity index (χ1v) is 16.5. The molecule has 1 aromatic heterocycles. The van der Waals surface area contributed by atoms with E-state index >= 15 is 0 Å². The number of phenolic OH excluding ortho intramolecular Hbond substituents is 3. The quantitative estimate of drug-likeness (QED) is 0.0916. The van der Waals surface area contributed by atoms with E-state index in [1.165, 1.54) is 6.92 Å². The van der Waals surface area contributed by atoms with Crippen molar-refractivity contribution in [1.82, 2.24) is 0 Å². The van der Waals surface area contributed by atoms with Crippen molar-refractivity contribution < 1.29 is 104 Å². The van der Waals surface area contributed by atoms with Crippen molar-refractivity contribution in [2.75, 3.05) is 6.61 Å². The van der Waals surface area contributed by atoms with E-state index in [1.54, 1.807) is 0 Å². The highest BCUT2D eigenvalue weighted by Gasteiger charge is 2.49. The first-order valence-electron chi connectivity index (χ1n) is 16.5. The van der Waals surface area contributed by atoms with Crippen LogP contribution in [0.3, 0.4) is 0 Å². The molecule has 13 N–H and O–H groups in total. The number of carbonyl (C=O) groups is 1. The van der Waals surface area contributed by atoms with Gasteiger partial charge in [-0.2, -0.15) is 0 Å². The molecule has 22 heteroatoms. The van der Waals surface area contributed by atoms with Crippen LogP contribution >= 0.6 is 0 Å². The van der Waals surface area contributed by atoms with Gasteiger partial charge in [0.15, 0.2) is 29.7 Å². The van der Waals surface area contributed by atoms with Crippen molar-refractivity contribution >= 4 is 16.9 Å². The second kappa shape index (κ2) is 15.6. The Kier molecular flexibility index (Phi) is 11.4. The van der Waals surface area contributed by atoms with Crippen molar-refractivity contribution in [2.45, 2.75) is 99.0 Å². The van der Waals surface area contributed by atoms with Crippen LogP contribution in [-0.2, 0) is 23.7 Å². The molecule has 4 heterocycles. The summed E-state index contributed by atoms with van der Waals surface area (Å²) in [6.45, 7) is 0.709. The lowest BCUT2D eigenvalue weighted by Gasteiger charge is -2.42. The largest absolute Gasteiger partial charge is 0.507 e. The van der Waals surface area contributed by atoms with Crippen molar-refractivity contribution in [3.63, 3.8) is 0 Å². The fourth-order valence-corrected chi connectivity index (χ4v) is 6.18. The van der Waals surface area contributed by atoms with E-state index in [-0.39, 0.29) is 5.56 Å². The Bertz CT molecular complexity index is 1940. The van der Waals surface area contributed by atoms with Gasteiger partial charge < -0.3 is 99.2 Å². The summed E-state index contributed by atoms with van der Waals surface area (Å²) < 4.78 is 38.7. The molecule has 302 valence electrons. The number of aliphatic hydroxyl groups is 9. The Morgan fingerprint density at radius 2 is 1.29 bits per heavy atom. The molecule has 0 bridgehead atoms. The van der Waals surface area contributed by atoms with Crippen molar-refractivity contribution in [1.29, 1.82) is 0 Å². The molecular weight excluding hydrogens is 748 g/mol. The third-order valence-corrected chi connectivity index (χ3v) is 9.34. The molecule has 15 unspecified atom stereocenters. The van der Waals surface area contributed by atoms with E-state index in [9.17, 15) is 76.0 Å². The van der Waals surface area contributed by atoms with Crippen LogP contribution in [0.5, 0.6) is 28.7 Å². The van der Waals surface area contributed by atoms with E-state index in [1.807, 2.05) is 0 Å². The Morgan fingerprint density at radius 3 is 1.95 bits per heavy atom. The summed E-state index contributed by atoms with van der Waals surface area (Å²) in [5.74, 6) is -5.65. The molecule has 2 aromatic carbocycles. The Labute approximate surface area is 307 Å². The number of ether oxygens (including phenoxy) is 6. The van der Waals surface area contributed by atoms with Gasteiger partial charge in [-0.3, -0.25) is 4.79 Å². The molecule has 0 saturated carbocycles. The van der Waals surface area contributed by atoms with Crippen LogP contribution in [0.15, 0.2) is 39.5 Å². The van der Waals surface area contributed by atoms with Crippen molar-refractivity contribution in [3.05, 3.63) is 40.6 Å². The summed E-state index contributed by atoms with van der Waals surface area (Å²) in [5.41, 5.74) is -1.81. The normalized spacial score (nSPS) is 36.7. The maximum absolute atomic E-state index is 14.1. The van der Waals surface area contributed by atoms with E-state index in [0.29, 0.717) is 0 Å². The second-order valence-corrected chi connectivity index (χ2v) is 13.1. The summed E-state index contributed by atoms with van der Waals surface area (Å²) >= 11 is 0. The predicted octanol–water partition coefficient (Wildman–Crippen LogP) is -4.12. The summed E-state index contributed by atoms with van der Waals surface area (Å²) in [7, 11) is 0. The summed E-state index contributed by atoms with van der Waals surface area (Å²) in [6.07, 6.45) is -27.0. The van der Waals surface area contributed by atoms with Gasteiger partial charge in [-0.05, 0) is 25.1 Å². The number of hydrogen-bond donors (Lipinski definition) is 13. The third-order valence-electron chi connectivity index (χ3n) is 9.34. The van der Waals surface area contributed by atoms with Gasteiger partial charge in [0.2, 0.25) is 23.8 Å². The average Bonchev–Trinajstić information content (AvgIpc) is 3.14. The molecule has 3 aromatic rings. The number of carboxylic acids is 1. The highest BCUT2D eigenvalue weighted by molar-refractivity contribution is 5.88. The lowest BCUT2D eigenvalue weighted by atomic mass is 9.98. The molecule has 55 heavy (non-hydrogen) atoms. The molecule has 6 rings (SSSR count). The van der Waals surface area contributed by atoms with Gasteiger partial charge in [0, 0.05) is 17.7 Å². The van der Waals surface area contributed by atoms with Gasteiger partial charge in [-0.1, -0.05) is 0 Å². The van der Waals surface area contributed by atoms with Gasteiger partial charge in [0.05, 0.1) is 12.7 Å². The monoisotopic (exact) mass is 786 g/mol. The zero-order valence-corrected chi connectivity index (χ0v) is 28.2. The molecule has 3 aliphatic rings. The predicted molar refractivity (Wildman–Crippen MR) is 173 cm³/mol. The number of rotatable bonds is 9. The van der Waals surface area contributed by atoms with Crippen LogP contribution in [0, 0.1) is 0 Å². The molecule has 0 spiro atoms. The van der Waals surface area contributed by atoms with E-state index in [0.717, 1.165) is 30.3 Å². The molecule has 3 fully saturated rings. The number of carboxylic acid groups (broad SMARTS) is 1. The molecule has 0 radical (unpaired) electrons. The van der Waals surface area contributed by atoms with Gasteiger partial charge in [-0.25, -0.2) is 4.79 Å². The lowest BCUT2D eigenvalue weighted by Crippen LogP contribution is -2.61. The van der Waals surface area contributed by atoms with Crippen LogP contribution < -0.4 is 14.9 Å². The number of aliphatic carboxylic acids is 1. The van der Waals surface area contributed by atoms with E-state index in [2.05, 4.69) is 0 Å². The maximum atomic E-state index is 14.1. The smallest absolute Gasteiger partial charge is 0.335 e. The lowest BCUT2D eigenvalue weighted by molar-refractivity contribution is -0.318. The van der Waals surface area contributed by atoms with Gasteiger partial charge >= 0.3 is 5.97 Å². The Morgan fingerprint density at radius 1 is 0.673 bits per heavy atom.